The number of fused-ring (bicyclic) bond motifs is 1. The lowest BCUT2D eigenvalue weighted by molar-refractivity contribution is -0.193. The number of tetrazole rings is 1. The number of carbonyl (C=O) groups excluding carboxylic acids is 5. The van der Waals surface area contributed by atoms with E-state index in [0.29, 0.717) is 17.3 Å². The number of likely N-dealkylation sites (N-methyl/N-ethyl adjacent to an activating group) is 1. The van der Waals surface area contributed by atoms with E-state index in [4.69, 9.17) is 15.2 Å². The van der Waals surface area contributed by atoms with Gasteiger partial charge >= 0.3 is 23.9 Å². The second kappa shape index (κ2) is 13.6. The van der Waals surface area contributed by atoms with E-state index >= 15 is 0 Å². The molecule has 3 aliphatic heterocycles. The maximum absolute atomic E-state index is 14.0. The van der Waals surface area contributed by atoms with Crippen LogP contribution in [0, 0.1) is 0 Å². The van der Waals surface area contributed by atoms with Crippen LogP contribution >= 0.6 is 23.5 Å². The molecule has 3 atom stereocenters. The molecule has 5 amide bonds. The van der Waals surface area contributed by atoms with Crippen molar-refractivity contribution in [3.05, 3.63) is 41.1 Å². The zero-order valence-electron chi connectivity index (χ0n) is 25.2. The van der Waals surface area contributed by atoms with Crippen LogP contribution in [-0.2, 0) is 35.8 Å². The minimum Gasteiger partial charge on any atom is -0.477 e. The molecule has 0 bridgehead atoms. The highest BCUT2D eigenvalue weighted by molar-refractivity contribution is 8.01. The van der Waals surface area contributed by atoms with E-state index in [9.17, 15) is 33.9 Å². The molecule has 19 nitrogen and oxygen atoms in total. The molecule has 250 valence electrons. The highest BCUT2D eigenvalue weighted by atomic mass is 32.2. The number of methoxy groups -OCH3 is 1. The molecule has 3 aliphatic rings. The molecule has 4 heterocycles. The van der Waals surface area contributed by atoms with Crippen LogP contribution in [0.2, 0.25) is 0 Å². The number of aryl methyl sites for hydroxylation is 1. The molecule has 0 aliphatic carbocycles. The van der Waals surface area contributed by atoms with Gasteiger partial charge in [0.05, 0.1) is 6.54 Å². The highest BCUT2D eigenvalue weighted by Gasteiger charge is 2.67. The van der Waals surface area contributed by atoms with E-state index in [0.717, 1.165) is 9.91 Å². The molecule has 0 spiro atoms. The van der Waals surface area contributed by atoms with Gasteiger partial charge in [0, 0.05) is 38.8 Å². The molecule has 2 fully saturated rings. The van der Waals surface area contributed by atoms with E-state index < -0.39 is 52.8 Å². The maximum Gasteiger partial charge on any atom is 0.409 e. The molecule has 2 saturated heterocycles. The topological polar surface area (TPSA) is 245 Å². The number of ether oxygens (including phenoxy) is 2. The Morgan fingerprint density at radius 3 is 2.51 bits per heavy atom. The van der Waals surface area contributed by atoms with Gasteiger partial charge in [0.25, 0.3) is 11.6 Å². The monoisotopic (exact) mass is 690 g/mol. The summed E-state index contributed by atoms with van der Waals surface area (Å²) in [6, 6.07) is 4.21. The fourth-order valence-corrected chi connectivity index (χ4v) is 7.62. The predicted octanol–water partition coefficient (Wildman–Crippen LogP) is -1.59. The van der Waals surface area contributed by atoms with Gasteiger partial charge in [-0.05, 0) is 40.6 Å². The number of carboxylic acid groups (broad SMARTS) is 1. The normalized spacial score (nSPS) is 21.7. The summed E-state index contributed by atoms with van der Waals surface area (Å²) in [7, 11) is 2.84. The first-order valence-corrected chi connectivity index (χ1v) is 16.0. The maximum atomic E-state index is 14.0. The average molecular weight is 691 g/mol. The number of aromatic nitrogens is 4. The van der Waals surface area contributed by atoms with Crippen LogP contribution in [0.25, 0.3) is 0 Å². The largest absolute Gasteiger partial charge is 0.477 e. The fourth-order valence-electron chi connectivity index (χ4n) is 5.19. The second-order valence-electron chi connectivity index (χ2n) is 10.3. The number of hydrazine groups is 1. The molecular formula is C26H30N10O9S2. The number of hydrogen-bond donors (Lipinski definition) is 4. The summed E-state index contributed by atoms with van der Waals surface area (Å²) in [5.41, 5.74) is 6.37. The van der Waals surface area contributed by atoms with Gasteiger partial charge in [-0.15, -0.1) is 16.9 Å². The predicted molar refractivity (Wildman–Crippen MR) is 162 cm³/mol. The van der Waals surface area contributed by atoms with Crippen LogP contribution in [0.4, 0.5) is 4.79 Å². The third-order valence-electron chi connectivity index (χ3n) is 7.57. The van der Waals surface area contributed by atoms with Crippen LogP contribution in [0.1, 0.15) is 18.5 Å². The number of β-lactam (4-membered cyclic amide) rings is 1. The van der Waals surface area contributed by atoms with Crippen LogP contribution < -0.4 is 21.2 Å². The lowest BCUT2D eigenvalue weighted by Gasteiger charge is -2.56. The third kappa shape index (κ3) is 6.33. The van der Waals surface area contributed by atoms with Crippen LogP contribution in [0.3, 0.4) is 0 Å². The standard InChI is InChI=1S/C26H30N10O9S2/c1-4-34-9-10-35(20(39)19(34)38)30-16(13-5-7-15(8-6-13)45-24(27)43)18(37)28-26(44-3)22(42)36-17(21(40)41)14(11-46-23(26)36)12-47-25-29-31-32-33(25)2/h5-8,16,23,30H,4,9-12H2,1-3H3,(H2,27,43)(H,28,37)(H,40,41)/t16-,23-,26-/m0/s1. The summed E-state index contributed by atoms with van der Waals surface area (Å²) in [6.45, 7) is 2.32. The van der Waals surface area contributed by atoms with Crippen molar-refractivity contribution in [2.24, 2.45) is 12.8 Å². The number of nitrogens with one attached hydrogen (secondary N) is 2. The van der Waals surface area contributed by atoms with Crippen LogP contribution in [-0.4, -0.2) is 125 Å². The SMILES string of the molecule is CCN1CCN(N[C@H](C(=O)N[C@]2(OC)C(=O)N3C(C(=O)O)=C(CSc4nnnn4C)CS[C@H]32)c2ccc(OC(N)=O)cc2)C(=O)C1=O. The Hall–Kier alpha value is -4.73. The number of aliphatic carboxylic acids is 1. The lowest BCUT2D eigenvalue weighted by Crippen LogP contribution is -2.81. The summed E-state index contributed by atoms with van der Waals surface area (Å²) >= 11 is 2.39. The molecule has 47 heavy (non-hydrogen) atoms. The number of primary amides is 1. The van der Waals surface area contributed by atoms with Crippen molar-refractivity contribution in [2.75, 3.05) is 38.2 Å². The number of piperazine rings is 1. The Bertz CT molecular complexity index is 1650. The van der Waals surface area contributed by atoms with Gasteiger partial charge in [-0.2, -0.15) is 0 Å². The Morgan fingerprint density at radius 1 is 1.19 bits per heavy atom. The van der Waals surface area contributed by atoms with E-state index in [2.05, 4.69) is 26.3 Å². The highest BCUT2D eigenvalue weighted by Crippen LogP contribution is 2.47. The number of amides is 5. The molecule has 1 aromatic heterocycles. The first-order chi connectivity index (χ1) is 22.4. The summed E-state index contributed by atoms with van der Waals surface area (Å²) in [5, 5.41) is 24.4. The fraction of sp³-hybridized carbons (Fsp3) is 0.423. The number of carboxylic acids is 1. The number of nitrogens with two attached hydrogens (primary N) is 1. The van der Waals surface area contributed by atoms with Crippen molar-refractivity contribution < 1.29 is 43.3 Å². The minimum absolute atomic E-state index is 0.0592. The Balaban J connectivity index is 1.40. The van der Waals surface area contributed by atoms with Gasteiger partial charge < -0.3 is 30.5 Å². The Labute approximate surface area is 275 Å². The first-order valence-electron chi connectivity index (χ1n) is 14.0. The van der Waals surface area contributed by atoms with Gasteiger partial charge in [-0.3, -0.25) is 29.1 Å². The molecule has 0 radical (unpaired) electrons. The van der Waals surface area contributed by atoms with Crippen molar-refractivity contribution in [2.45, 2.75) is 29.2 Å². The van der Waals surface area contributed by atoms with Crippen LogP contribution in [0.5, 0.6) is 5.75 Å². The molecule has 1 aromatic carbocycles. The van der Waals surface area contributed by atoms with E-state index in [-0.39, 0.29) is 41.6 Å². The average Bonchev–Trinajstić information content (AvgIpc) is 3.46. The number of hydrogen-bond acceptors (Lipinski definition) is 14. The minimum atomic E-state index is -1.97. The van der Waals surface area contributed by atoms with Crippen molar-refractivity contribution in [3.8, 4) is 5.75 Å². The van der Waals surface area contributed by atoms with Crippen molar-refractivity contribution in [3.63, 3.8) is 0 Å². The molecule has 21 heteroatoms. The van der Waals surface area contributed by atoms with Gasteiger partial charge in [0.2, 0.25) is 11.1 Å². The van der Waals surface area contributed by atoms with Gasteiger partial charge in [-0.1, -0.05) is 23.9 Å². The van der Waals surface area contributed by atoms with Gasteiger partial charge in [-0.25, -0.2) is 19.7 Å². The van der Waals surface area contributed by atoms with E-state index in [1.807, 2.05) is 0 Å². The molecule has 5 rings (SSSR count). The van der Waals surface area contributed by atoms with Crippen molar-refractivity contribution in [1.82, 2.24) is 45.8 Å². The zero-order chi connectivity index (χ0) is 34.0. The van der Waals surface area contributed by atoms with Gasteiger partial charge in [0.15, 0.2) is 0 Å². The number of carbonyl (C=O) groups is 6. The quantitative estimate of drug-likeness (QED) is 0.0849. The van der Waals surface area contributed by atoms with E-state index in [1.165, 1.54) is 64.5 Å². The number of thioether (sulfide) groups is 2. The van der Waals surface area contributed by atoms with Crippen molar-refractivity contribution in [1.29, 1.82) is 0 Å². The molecule has 2 aromatic rings. The Morgan fingerprint density at radius 2 is 1.91 bits per heavy atom. The second-order valence-corrected chi connectivity index (χ2v) is 12.3. The summed E-state index contributed by atoms with van der Waals surface area (Å²) in [4.78, 5) is 79.2. The lowest BCUT2D eigenvalue weighted by atomic mass is 9.97. The molecular weight excluding hydrogens is 660 g/mol. The smallest absolute Gasteiger partial charge is 0.409 e. The van der Waals surface area contributed by atoms with E-state index in [1.54, 1.807) is 14.0 Å². The molecule has 0 unspecified atom stereocenters. The molecule has 0 saturated carbocycles. The number of rotatable bonds is 12. The first kappa shape index (κ1) is 33.6. The summed E-state index contributed by atoms with van der Waals surface area (Å²) in [6.07, 6.45) is -1.05. The van der Waals surface area contributed by atoms with Crippen molar-refractivity contribution >= 4 is 59.2 Å². The van der Waals surface area contributed by atoms with Crippen LogP contribution in [0.15, 0.2) is 40.7 Å². The Kier molecular flexibility index (Phi) is 9.70. The summed E-state index contributed by atoms with van der Waals surface area (Å²) < 4.78 is 11.9. The molecule has 5 N–H and O–H groups in total. The number of nitrogens with zero attached hydrogens (tertiary/aromatic N) is 7. The summed E-state index contributed by atoms with van der Waals surface area (Å²) in [5.74, 6) is -4.18. The number of benzene rings is 1. The zero-order valence-corrected chi connectivity index (χ0v) is 26.9. The third-order valence-corrected chi connectivity index (χ3v) is 10.0. The van der Waals surface area contributed by atoms with Gasteiger partial charge in [0.1, 0.15) is 22.9 Å².